The summed E-state index contributed by atoms with van der Waals surface area (Å²) in [7, 11) is 1.32. The number of thioether (sulfide) groups is 1. The maximum absolute atomic E-state index is 11.9. The Bertz CT molecular complexity index is 595. The van der Waals surface area contributed by atoms with Crippen LogP contribution in [0.2, 0.25) is 0 Å². The molecule has 1 amide bonds. The second-order valence-corrected chi connectivity index (χ2v) is 5.54. The normalized spacial score (nSPS) is 16.9. The first-order chi connectivity index (χ1) is 9.56. The number of amides is 1. The second kappa shape index (κ2) is 6.17. The zero-order chi connectivity index (χ0) is 14.7. The van der Waals surface area contributed by atoms with Crippen LogP contribution in [0.25, 0.3) is 6.08 Å². The maximum atomic E-state index is 11.9. The summed E-state index contributed by atoms with van der Waals surface area (Å²) < 4.78 is 4.93. The van der Waals surface area contributed by atoms with Gasteiger partial charge in [-0.3, -0.25) is 9.69 Å². The number of thiocarbonyl (C=S) groups is 1. The van der Waals surface area contributed by atoms with Gasteiger partial charge in [-0.05, 0) is 23.8 Å². The van der Waals surface area contributed by atoms with E-state index >= 15 is 0 Å². The predicted molar refractivity (Wildman–Crippen MR) is 79.9 cm³/mol. The predicted octanol–water partition coefficient (Wildman–Crippen LogP) is 1.62. The Kier molecular flexibility index (Phi) is 4.53. The van der Waals surface area contributed by atoms with Crippen LogP contribution in [0.4, 0.5) is 0 Å². The monoisotopic (exact) mass is 309 g/mol. The van der Waals surface area contributed by atoms with Crippen LogP contribution in [0.5, 0.6) is 0 Å². The maximum Gasteiger partial charge on any atom is 0.337 e. The van der Waals surface area contributed by atoms with Gasteiger partial charge in [0.15, 0.2) is 0 Å². The molecule has 0 aromatic heterocycles. The molecule has 0 saturated carbocycles. The van der Waals surface area contributed by atoms with E-state index in [4.69, 9.17) is 17.3 Å². The van der Waals surface area contributed by atoms with Crippen LogP contribution in [0.15, 0.2) is 29.2 Å². The van der Waals surface area contributed by atoms with Gasteiger partial charge in [0.25, 0.3) is 5.91 Å². The smallest absolute Gasteiger partial charge is 0.337 e. The molecule has 2 rings (SSSR count). The molecule has 5 nitrogen and oxygen atoms in total. The number of esters is 1. The number of aliphatic hydroxyl groups excluding tert-OH is 1. The second-order valence-electron chi connectivity index (χ2n) is 3.86. The summed E-state index contributed by atoms with van der Waals surface area (Å²) in [5.74, 6) is -0.734. The van der Waals surface area contributed by atoms with E-state index in [0.29, 0.717) is 14.8 Å². The van der Waals surface area contributed by atoms with Crippen LogP contribution in [-0.4, -0.2) is 40.0 Å². The third kappa shape index (κ3) is 2.90. The van der Waals surface area contributed by atoms with Gasteiger partial charge in [0.2, 0.25) is 0 Å². The number of carbonyl (C=O) groups excluding carboxylic acids is 2. The third-order valence-corrected chi connectivity index (χ3v) is 4.02. The summed E-state index contributed by atoms with van der Waals surface area (Å²) in [5, 5.41) is 9.04. The van der Waals surface area contributed by atoms with Crippen molar-refractivity contribution in [2.24, 2.45) is 0 Å². The molecule has 104 valence electrons. The molecule has 7 heteroatoms. The van der Waals surface area contributed by atoms with Gasteiger partial charge in [-0.15, -0.1) is 0 Å². The molecule has 0 radical (unpaired) electrons. The topological polar surface area (TPSA) is 66.8 Å². The van der Waals surface area contributed by atoms with E-state index in [9.17, 15) is 9.59 Å². The van der Waals surface area contributed by atoms with Crippen molar-refractivity contribution in [2.45, 2.75) is 0 Å². The Balaban J connectivity index is 2.22. The van der Waals surface area contributed by atoms with E-state index in [1.807, 2.05) is 0 Å². The van der Waals surface area contributed by atoms with Crippen LogP contribution in [-0.2, 0) is 9.53 Å². The van der Waals surface area contributed by atoms with Crippen LogP contribution < -0.4 is 0 Å². The average molecular weight is 309 g/mol. The number of aliphatic hydroxyl groups is 1. The van der Waals surface area contributed by atoms with Gasteiger partial charge in [-0.1, -0.05) is 36.1 Å². The largest absolute Gasteiger partial charge is 0.465 e. The molecule has 1 aromatic rings. The number of hydrogen-bond acceptors (Lipinski definition) is 6. The highest BCUT2D eigenvalue weighted by molar-refractivity contribution is 8.26. The van der Waals surface area contributed by atoms with E-state index in [2.05, 4.69) is 4.74 Å². The standard InChI is InChI=1S/C13H11NO4S2/c1-18-12(17)9-4-2-8(3-5-9)6-10-11(16)14(7-15)13(19)20-10/h2-6,15H,7H2,1H3/b10-6+. The van der Waals surface area contributed by atoms with Crippen molar-refractivity contribution in [1.29, 1.82) is 0 Å². The fraction of sp³-hybridized carbons (Fsp3) is 0.154. The molecule has 20 heavy (non-hydrogen) atoms. The van der Waals surface area contributed by atoms with Crippen molar-refractivity contribution in [3.63, 3.8) is 0 Å². The van der Waals surface area contributed by atoms with Gasteiger partial charge in [-0.25, -0.2) is 4.79 Å². The minimum atomic E-state index is -0.427. The minimum Gasteiger partial charge on any atom is -0.465 e. The molecule has 0 atom stereocenters. The minimum absolute atomic E-state index is 0.320. The lowest BCUT2D eigenvalue weighted by molar-refractivity contribution is -0.124. The summed E-state index contributed by atoms with van der Waals surface area (Å²) in [6.07, 6.45) is 1.66. The van der Waals surface area contributed by atoms with Gasteiger partial charge in [0.1, 0.15) is 11.1 Å². The number of nitrogens with zero attached hydrogens (tertiary/aromatic N) is 1. The number of rotatable bonds is 3. The molecule has 0 unspecified atom stereocenters. The molecule has 0 spiro atoms. The Morgan fingerprint density at radius 3 is 2.60 bits per heavy atom. The molecule has 0 bridgehead atoms. The van der Waals surface area contributed by atoms with E-state index in [-0.39, 0.29) is 5.91 Å². The van der Waals surface area contributed by atoms with Crippen molar-refractivity contribution in [1.82, 2.24) is 4.90 Å². The highest BCUT2D eigenvalue weighted by Gasteiger charge is 2.31. The highest BCUT2D eigenvalue weighted by Crippen LogP contribution is 2.31. The van der Waals surface area contributed by atoms with Crippen molar-refractivity contribution < 1.29 is 19.4 Å². The molecule has 1 N–H and O–H groups in total. The number of hydrogen-bond donors (Lipinski definition) is 1. The summed E-state index contributed by atoms with van der Waals surface area (Å²) in [5.41, 5.74) is 1.20. The van der Waals surface area contributed by atoms with Gasteiger partial charge in [-0.2, -0.15) is 0 Å². The van der Waals surface area contributed by atoms with Gasteiger partial charge in [0.05, 0.1) is 17.6 Å². The number of ether oxygens (including phenoxy) is 1. The Morgan fingerprint density at radius 1 is 1.45 bits per heavy atom. The zero-order valence-electron chi connectivity index (χ0n) is 10.5. The fourth-order valence-corrected chi connectivity index (χ4v) is 2.85. The Hall–Kier alpha value is -1.70. The Labute approximate surface area is 125 Å². The quantitative estimate of drug-likeness (QED) is 0.520. The summed E-state index contributed by atoms with van der Waals surface area (Å²) in [6.45, 7) is -0.427. The van der Waals surface area contributed by atoms with E-state index in [1.165, 1.54) is 7.11 Å². The molecule has 1 heterocycles. The molecule has 1 aliphatic rings. The Morgan fingerprint density at radius 2 is 2.10 bits per heavy atom. The molecule has 1 fully saturated rings. The molecular formula is C13H11NO4S2. The molecule has 1 saturated heterocycles. The van der Waals surface area contributed by atoms with Crippen molar-refractivity contribution >= 4 is 46.3 Å². The van der Waals surface area contributed by atoms with E-state index in [1.54, 1.807) is 30.3 Å². The first-order valence-electron chi connectivity index (χ1n) is 5.61. The number of benzene rings is 1. The van der Waals surface area contributed by atoms with Crippen LogP contribution in [0.3, 0.4) is 0 Å². The molecule has 1 aromatic carbocycles. The highest BCUT2D eigenvalue weighted by atomic mass is 32.2. The third-order valence-electron chi connectivity index (χ3n) is 2.64. The van der Waals surface area contributed by atoms with Crippen molar-refractivity contribution in [2.75, 3.05) is 13.8 Å². The van der Waals surface area contributed by atoms with Gasteiger partial charge >= 0.3 is 5.97 Å². The van der Waals surface area contributed by atoms with Crippen LogP contribution in [0.1, 0.15) is 15.9 Å². The van der Waals surface area contributed by atoms with Crippen molar-refractivity contribution in [3.05, 3.63) is 40.3 Å². The first-order valence-corrected chi connectivity index (χ1v) is 6.84. The van der Waals surface area contributed by atoms with Gasteiger partial charge < -0.3 is 9.84 Å². The summed E-state index contributed by atoms with van der Waals surface area (Å²) in [4.78, 5) is 24.7. The van der Waals surface area contributed by atoms with Crippen LogP contribution in [0, 0.1) is 0 Å². The molecule has 0 aliphatic carbocycles. The number of carbonyl (C=O) groups is 2. The SMILES string of the molecule is COC(=O)c1ccc(/C=C2/SC(=S)N(CO)C2=O)cc1. The molecular weight excluding hydrogens is 298 g/mol. The van der Waals surface area contributed by atoms with E-state index < -0.39 is 12.7 Å². The lowest BCUT2D eigenvalue weighted by atomic mass is 10.1. The average Bonchev–Trinajstić information content (AvgIpc) is 2.73. The van der Waals surface area contributed by atoms with Gasteiger partial charge in [0, 0.05) is 0 Å². The summed E-state index contributed by atoms with van der Waals surface area (Å²) in [6, 6.07) is 6.64. The number of methoxy groups -OCH3 is 1. The van der Waals surface area contributed by atoms with Crippen LogP contribution >= 0.6 is 24.0 Å². The molecule has 1 aliphatic heterocycles. The zero-order valence-corrected chi connectivity index (χ0v) is 12.2. The van der Waals surface area contributed by atoms with Crippen molar-refractivity contribution in [3.8, 4) is 0 Å². The summed E-state index contributed by atoms with van der Waals surface area (Å²) >= 11 is 6.12. The first kappa shape index (κ1) is 14.7. The lowest BCUT2D eigenvalue weighted by Gasteiger charge is -2.08. The fourth-order valence-electron chi connectivity index (χ4n) is 1.61. The lowest BCUT2D eigenvalue weighted by Crippen LogP contribution is -2.28. The van der Waals surface area contributed by atoms with E-state index in [0.717, 1.165) is 22.2 Å².